The maximum absolute atomic E-state index is 5.15. The average molecular weight is 756 g/mol. The van der Waals surface area contributed by atoms with E-state index in [9.17, 15) is 0 Å². The van der Waals surface area contributed by atoms with Crippen LogP contribution in [0.5, 0.6) is 0 Å². The van der Waals surface area contributed by atoms with Gasteiger partial charge in [0.2, 0.25) is 0 Å². The van der Waals surface area contributed by atoms with E-state index < -0.39 is 0 Å². The Balaban J connectivity index is 1.08. The first kappa shape index (κ1) is 34.6. The fraction of sp³-hybridized carbons (Fsp3) is 0.0556. The highest BCUT2D eigenvalue weighted by molar-refractivity contribution is 6.08. The molecule has 1 aliphatic carbocycles. The van der Waals surface area contributed by atoms with E-state index in [0.717, 1.165) is 71.9 Å². The molecular formula is C54H37N5. The summed E-state index contributed by atoms with van der Waals surface area (Å²) < 4.78 is 0. The number of hydrogen-bond acceptors (Lipinski definition) is 5. The number of benzene rings is 7. The molecule has 3 aromatic heterocycles. The molecule has 5 nitrogen and oxygen atoms in total. The summed E-state index contributed by atoms with van der Waals surface area (Å²) in [5.41, 5.74) is 16.4. The van der Waals surface area contributed by atoms with Crippen LogP contribution >= 0.6 is 0 Å². The molecule has 5 heteroatoms. The third-order valence-corrected chi connectivity index (χ3v) is 11.8. The minimum Gasteiger partial charge on any atom is -0.254 e. The maximum Gasteiger partial charge on any atom is 0.164 e. The molecule has 10 aromatic rings. The topological polar surface area (TPSA) is 64.5 Å². The van der Waals surface area contributed by atoms with Gasteiger partial charge in [-0.2, -0.15) is 0 Å². The summed E-state index contributed by atoms with van der Waals surface area (Å²) >= 11 is 0. The van der Waals surface area contributed by atoms with Crippen LogP contribution in [-0.2, 0) is 5.41 Å². The molecule has 0 radical (unpaired) electrons. The molecule has 0 saturated carbocycles. The van der Waals surface area contributed by atoms with E-state index in [1.165, 1.54) is 22.3 Å². The molecule has 0 N–H and O–H groups in total. The Labute approximate surface area is 342 Å². The summed E-state index contributed by atoms with van der Waals surface area (Å²) in [6, 6.07) is 62.0. The van der Waals surface area contributed by atoms with E-state index in [4.69, 9.17) is 19.9 Å². The van der Waals surface area contributed by atoms with Crippen molar-refractivity contribution in [2.45, 2.75) is 19.3 Å². The van der Waals surface area contributed by atoms with Crippen molar-refractivity contribution in [3.8, 4) is 78.7 Å². The molecule has 1 aliphatic rings. The van der Waals surface area contributed by atoms with E-state index in [1.54, 1.807) is 0 Å². The van der Waals surface area contributed by atoms with Gasteiger partial charge in [0.05, 0.1) is 11.0 Å². The predicted octanol–water partition coefficient (Wildman–Crippen LogP) is 13.3. The molecular weight excluding hydrogens is 719 g/mol. The number of hydrogen-bond donors (Lipinski definition) is 0. The lowest BCUT2D eigenvalue weighted by Gasteiger charge is -2.22. The molecule has 0 amide bonds. The highest BCUT2D eigenvalue weighted by Crippen LogP contribution is 2.50. The largest absolute Gasteiger partial charge is 0.254 e. The SMILES string of the molecule is CC1(C)c2ccccc2-c2ccc(-c3cc(-c4ccc(-c5ccnc6c5ccc5cccnc56)cc4)cc(-c4nc(-c5ccccc5)nc(-c5ccccc5)n4)c3)cc21. The molecule has 0 fully saturated rings. The van der Waals surface area contributed by atoms with Gasteiger partial charge in [-0.3, -0.25) is 9.97 Å². The normalized spacial score (nSPS) is 12.7. The van der Waals surface area contributed by atoms with Crippen LogP contribution in [0.15, 0.2) is 188 Å². The van der Waals surface area contributed by atoms with Crippen molar-refractivity contribution < 1.29 is 0 Å². The van der Waals surface area contributed by atoms with Gasteiger partial charge in [0.1, 0.15) is 0 Å². The average Bonchev–Trinajstić information content (AvgIpc) is 3.54. The summed E-state index contributed by atoms with van der Waals surface area (Å²) in [5, 5.41) is 2.16. The molecule has 0 bridgehead atoms. The molecule has 3 heterocycles. The van der Waals surface area contributed by atoms with E-state index in [1.807, 2.05) is 79.1 Å². The smallest absolute Gasteiger partial charge is 0.164 e. The quantitative estimate of drug-likeness (QED) is 0.158. The Morgan fingerprint density at radius 3 is 1.64 bits per heavy atom. The zero-order valence-electron chi connectivity index (χ0n) is 32.6. The van der Waals surface area contributed by atoms with E-state index in [0.29, 0.717) is 17.5 Å². The lowest BCUT2D eigenvalue weighted by atomic mass is 9.81. The Hall–Kier alpha value is -7.63. The van der Waals surface area contributed by atoms with Crippen molar-refractivity contribution in [2.24, 2.45) is 0 Å². The standard InChI is InChI=1S/C54H37N5/c1-54(2)47-18-10-9-17-44(47)45-25-24-39(33-48(45)54)41-30-40(34-19-21-35(22-20-34)43-27-29-56-50-46(43)26-23-36-16-11-28-55-49(36)50)31-42(32-41)53-58-51(37-12-5-3-6-13-37)57-52(59-53)38-14-7-4-8-15-38/h3-33H,1-2H3. The first-order chi connectivity index (χ1) is 29.0. The van der Waals surface area contributed by atoms with E-state index in [-0.39, 0.29) is 5.41 Å². The molecule has 0 saturated heterocycles. The van der Waals surface area contributed by atoms with Crippen LogP contribution in [0.2, 0.25) is 0 Å². The van der Waals surface area contributed by atoms with Crippen LogP contribution in [0.25, 0.3) is 100 Å². The van der Waals surface area contributed by atoms with E-state index in [2.05, 4.69) is 128 Å². The first-order valence-electron chi connectivity index (χ1n) is 20.0. The van der Waals surface area contributed by atoms with Crippen LogP contribution in [-0.4, -0.2) is 24.9 Å². The molecule has 0 aliphatic heterocycles. The van der Waals surface area contributed by atoms with Crippen molar-refractivity contribution in [1.82, 2.24) is 24.9 Å². The summed E-state index contributed by atoms with van der Waals surface area (Å²) in [7, 11) is 0. The number of pyridine rings is 2. The number of fused-ring (bicyclic) bond motifs is 6. The fourth-order valence-corrected chi connectivity index (χ4v) is 8.76. The maximum atomic E-state index is 5.15. The Morgan fingerprint density at radius 1 is 0.339 bits per heavy atom. The van der Waals surface area contributed by atoms with Crippen LogP contribution in [0.4, 0.5) is 0 Å². The lowest BCUT2D eigenvalue weighted by Crippen LogP contribution is -2.14. The zero-order chi connectivity index (χ0) is 39.5. The van der Waals surface area contributed by atoms with Crippen molar-refractivity contribution in [1.29, 1.82) is 0 Å². The molecule has 0 unspecified atom stereocenters. The van der Waals surface area contributed by atoms with Gasteiger partial charge < -0.3 is 0 Å². The highest BCUT2D eigenvalue weighted by atomic mass is 15.0. The second-order valence-corrected chi connectivity index (χ2v) is 15.7. The summed E-state index contributed by atoms with van der Waals surface area (Å²) in [6.07, 6.45) is 3.71. The second-order valence-electron chi connectivity index (χ2n) is 15.7. The summed E-state index contributed by atoms with van der Waals surface area (Å²) in [5.74, 6) is 1.89. The van der Waals surface area contributed by atoms with Gasteiger partial charge >= 0.3 is 0 Å². The third kappa shape index (κ3) is 5.98. The van der Waals surface area contributed by atoms with Gasteiger partial charge in [0.15, 0.2) is 17.5 Å². The van der Waals surface area contributed by atoms with Crippen molar-refractivity contribution in [3.63, 3.8) is 0 Å². The number of nitrogens with zero attached hydrogens (tertiary/aromatic N) is 5. The van der Waals surface area contributed by atoms with Crippen molar-refractivity contribution in [3.05, 3.63) is 199 Å². The molecule has 278 valence electrons. The molecule has 11 rings (SSSR count). The van der Waals surface area contributed by atoms with Crippen LogP contribution in [0.3, 0.4) is 0 Å². The van der Waals surface area contributed by atoms with Gasteiger partial charge in [-0.05, 0) is 92.0 Å². The van der Waals surface area contributed by atoms with Crippen molar-refractivity contribution >= 4 is 21.8 Å². The molecule has 7 aromatic carbocycles. The Morgan fingerprint density at radius 2 is 0.915 bits per heavy atom. The van der Waals surface area contributed by atoms with Gasteiger partial charge in [0, 0.05) is 45.3 Å². The number of aromatic nitrogens is 5. The zero-order valence-corrected chi connectivity index (χ0v) is 32.6. The van der Waals surface area contributed by atoms with E-state index >= 15 is 0 Å². The summed E-state index contributed by atoms with van der Waals surface area (Å²) in [4.78, 5) is 24.7. The Bertz CT molecular complexity index is 3170. The van der Waals surface area contributed by atoms with Gasteiger partial charge in [-0.25, -0.2) is 15.0 Å². The summed E-state index contributed by atoms with van der Waals surface area (Å²) in [6.45, 7) is 4.66. The monoisotopic (exact) mass is 755 g/mol. The van der Waals surface area contributed by atoms with Crippen LogP contribution in [0, 0.1) is 0 Å². The van der Waals surface area contributed by atoms with Crippen LogP contribution < -0.4 is 0 Å². The third-order valence-electron chi connectivity index (χ3n) is 11.8. The lowest BCUT2D eigenvalue weighted by molar-refractivity contribution is 0.660. The second kappa shape index (κ2) is 13.8. The molecule has 59 heavy (non-hydrogen) atoms. The molecule has 0 spiro atoms. The van der Waals surface area contributed by atoms with Crippen LogP contribution in [0.1, 0.15) is 25.0 Å². The van der Waals surface area contributed by atoms with Crippen molar-refractivity contribution in [2.75, 3.05) is 0 Å². The first-order valence-corrected chi connectivity index (χ1v) is 20.0. The molecule has 0 atom stereocenters. The fourth-order valence-electron chi connectivity index (χ4n) is 8.76. The van der Waals surface area contributed by atoms with Gasteiger partial charge in [-0.15, -0.1) is 0 Å². The highest BCUT2D eigenvalue weighted by Gasteiger charge is 2.35. The minimum absolute atomic E-state index is 0.124. The predicted molar refractivity (Wildman–Crippen MR) is 241 cm³/mol. The van der Waals surface area contributed by atoms with Gasteiger partial charge in [0.25, 0.3) is 0 Å². The van der Waals surface area contributed by atoms with Gasteiger partial charge in [-0.1, -0.05) is 153 Å². The Kier molecular flexibility index (Phi) is 8.09. The number of rotatable bonds is 6. The minimum atomic E-state index is -0.124.